The molecule has 2 heteroatoms. The molecule has 2 aliphatic rings. The Hall–Kier alpha value is -0.0800. The van der Waals surface area contributed by atoms with Gasteiger partial charge in [0.25, 0.3) is 0 Å². The number of ether oxygens (including phenoxy) is 1. The fourth-order valence-electron chi connectivity index (χ4n) is 2.99. The van der Waals surface area contributed by atoms with E-state index in [0.29, 0.717) is 17.6 Å². The first kappa shape index (κ1) is 13.4. The van der Waals surface area contributed by atoms with E-state index in [9.17, 15) is 0 Å². The van der Waals surface area contributed by atoms with Crippen LogP contribution in [-0.2, 0) is 4.74 Å². The van der Waals surface area contributed by atoms with Crippen molar-refractivity contribution in [3.05, 3.63) is 0 Å². The first-order chi connectivity index (χ1) is 8.14. The summed E-state index contributed by atoms with van der Waals surface area (Å²) in [5.41, 5.74) is 0.328. The number of rotatable bonds is 7. The Kier molecular flexibility index (Phi) is 4.48. The van der Waals surface area contributed by atoms with Gasteiger partial charge >= 0.3 is 0 Å². The van der Waals surface area contributed by atoms with Gasteiger partial charge in [0, 0.05) is 18.1 Å². The predicted molar refractivity (Wildman–Crippen MR) is 72.2 cm³/mol. The maximum Gasteiger partial charge on any atom is 0.0655 e. The third kappa shape index (κ3) is 3.03. The standard InChI is InChI=1S/C15H29NO/c1-4-9-16-13-11-14(15(13,2)3)17-10-8-12-6-5-7-12/h12-14,16H,4-11H2,1-3H3. The lowest BCUT2D eigenvalue weighted by Gasteiger charge is -2.52. The molecular weight excluding hydrogens is 210 g/mol. The average molecular weight is 239 g/mol. The highest BCUT2D eigenvalue weighted by Crippen LogP contribution is 2.43. The maximum absolute atomic E-state index is 6.07. The van der Waals surface area contributed by atoms with E-state index in [0.717, 1.165) is 19.1 Å². The van der Waals surface area contributed by atoms with Crippen LogP contribution in [0.15, 0.2) is 0 Å². The molecule has 2 aliphatic carbocycles. The Morgan fingerprint density at radius 3 is 2.59 bits per heavy atom. The molecule has 2 saturated carbocycles. The Balaban J connectivity index is 1.62. The first-order valence-electron chi connectivity index (χ1n) is 7.49. The van der Waals surface area contributed by atoms with Crippen LogP contribution in [0.5, 0.6) is 0 Å². The van der Waals surface area contributed by atoms with Gasteiger partial charge in [-0.3, -0.25) is 0 Å². The lowest BCUT2D eigenvalue weighted by atomic mass is 9.64. The molecule has 0 spiro atoms. The fourth-order valence-corrected chi connectivity index (χ4v) is 2.99. The zero-order valence-electron chi connectivity index (χ0n) is 11.8. The molecule has 0 heterocycles. The Bertz CT molecular complexity index is 235. The average Bonchev–Trinajstić information content (AvgIpc) is 2.23. The Labute approximate surface area is 107 Å². The van der Waals surface area contributed by atoms with Crippen molar-refractivity contribution in [2.45, 2.75) is 71.4 Å². The quantitative estimate of drug-likeness (QED) is 0.735. The second-order valence-electron chi connectivity index (χ2n) is 6.51. The maximum atomic E-state index is 6.07. The van der Waals surface area contributed by atoms with E-state index in [1.54, 1.807) is 0 Å². The molecule has 2 fully saturated rings. The lowest BCUT2D eigenvalue weighted by molar-refractivity contribution is -0.120. The summed E-state index contributed by atoms with van der Waals surface area (Å²) in [6, 6.07) is 0.663. The number of hydrogen-bond donors (Lipinski definition) is 1. The van der Waals surface area contributed by atoms with E-state index in [-0.39, 0.29) is 0 Å². The van der Waals surface area contributed by atoms with Crippen molar-refractivity contribution in [2.24, 2.45) is 11.3 Å². The summed E-state index contributed by atoms with van der Waals surface area (Å²) in [6.45, 7) is 9.04. The topological polar surface area (TPSA) is 21.3 Å². The van der Waals surface area contributed by atoms with Crippen molar-refractivity contribution >= 4 is 0 Å². The number of nitrogens with one attached hydrogen (secondary N) is 1. The van der Waals surface area contributed by atoms with Crippen LogP contribution in [0.25, 0.3) is 0 Å². The van der Waals surface area contributed by atoms with Crippen LogP contribution in [0.1, 0.15) is 59.3 Å². The molecule has 0 aromatic rings. The predicted octanol–water partition coefficient (Wildman–Crippen LogP) is 3.36. The van der Waals surface area contributed by atoms with E-state index in [1.807, 2.05) is 0 Å². The molecule has 100 valence electrons. The van der Waals surface area contributed by atoms with Crippen LogP contribution in [0, 0.1) is 11.3 Å². The molecule has 0 radical (unpaired) electrons. The van der Waals surface area contributed by atoms with E-state index in [2.05, 4.69) is 26.1 Å². The van der Waals surface area contributed by atoms with Crippen molar-refractivity contribution in [1.29, 1.82) is 0 Å². The molecule has 2 unspecified atom stereocenters. The summed E-state index contributed by atoms with van der Waals surface area (Å²) < 4.78 is 6.07. The van der Waals surface area contributed by atoms with Gasteiger partial charge in [-0.2, -0.15) is 0 Å². The molecule has 17 heavy (non-hydrogen) atoms. The van der Waals surface area contributed by atoms with Crippen molar-refractivity contribution in [3.8, 4) is 0 Å². The van der Waals surface area contributed by atoms with Gasteiger partial charge in [0.1, 0.15) is 0 Å². The Morgan fingerprint density at radius 2 is 2.06 bits per heavy atom. The zero-order chi connectivity index (χ0) is 12.3. The summed E-state index contributed by atoms with van der Waals surface area (Å²) in [5.74, 6) is 0.979. The molecule has 0 bridgehead atoms. The van der Waals surface area contributed by atoms with Gasteiger partial charge in [-0.05, 0) is 31.7 Å². The monoisotopic (exact) mass is 239 g/mol. The van der Waals surface area contributed by atoms with Gasteiger partial charge in [0.05, 0.1) is 6.10 Å². The third-order valence-electron chi connectivity index (χ3n) is 4.89. The van der Waals surface area contributed by atoms with Gasteiger partial charge in [0.2, 0.25) is 0 Å². The van der Waals surface area contributed by atoms with Crippen molar-refractivity contribution in [3.63, 3.8) is 0 Å². The summed E-state index contributed by atoms with van der Waals surface area (Å²) in [4.78, 5) is 0. The molecular formula is C15H29NO. The minimum Gasteiger partial charge on any atom is -0.378 e. The third-order valence-corrected chi connectivity index (χ3v) is 4.89. The minimum absolute atomic E-state index is 0.328. The second-order valence-corrected chi connectivity index (χ2v) is 6.51. The highest BCUT2D eigenvalue weighted by Gasteiger charge is 2.48. The van der Waals surface area contributed by atoms with Gasteiger partial charge in [-0.15, -0.1) is 0 Å². The summed E-state index contributed by atoms with van der Waals surface area (Å²) in [7, 11) is 0. The number of hydrogen-bond acceptors (Lipinski definition) is 2. The molecule has 2 nitrogen and oxygen atoms in total. The molecule has 2 atom stereocenters. The fraction of sp³-hybridized carbons (Fsp3) is 1.00. The van der Waals surface area contributed by atoms with Gasteiger partial charge in [0.15, 0.2) is 0 Å². The minimum atomic E-state index is 0.328. The van der Waals surface area contributed by atoms with Gasteiger partial charge < -0.3 is 10.1 Å². The van der Waals surface area contributed by atoms with Crippen LogP contribution in [0.3, 0.4) is 0 Å². The molecule has 0 saturated heterocycles. The van der Waals surface area contributed by atoms with Crippen LogP contribution in [-0.4, -0.2) is 25.3 Å². The van der Waals surface area contributed by atoms with Crippen LogP contribution in [0.2, 0.25) is 0 Å². The van der Waals surface area contributed by atoms with E-state index in [4.69, 9.17) is 4.74 Å². The highest BCUT2D eigenvalue weighted by atomic mass is 16.5. The highest BCUT2D eigenvalue weighted by molar-refractivity contribution is 5.02. The lowest BCUT2D eigenvalue weighted by Crippen LogP contribution is -2.61. The van der Waals surface area contributed by atoms with Crippen molar-refractivity contribution in [2.75, 3.05) is 13.2 Å². The summed E-state index contributed by atoms with van der Waals surface area (Å²) in [6.07, 6.45) is 8.53. The zero-order valence-corrected chi connectivity index (χ0v) is 11.8. The van der Waals surface area contributed by atoms with E-state index >= 15 is 0 Å². The molecule has 0 aromatic heterocycles. The summed E-state index contributed by atoms with van der Waals surface area (Å²) >= 11 is 0. The van der Waals surface area contributed by atoms with Crippen molar-refractivity contribution < 1.29 is 4.74 Å². The Morgan fingerprint density at radius 1 is 1.29 bits per heavy atom. The molecule has 0 aromatic carbocycles. The van der Waals surface area contributed by atoms with E-state index < -0.39 is 0 Å². The summed E-state index contributed by atoms with van der Waals surface area (Å²) in [5, 5.41) is 3.63. The van der Waals surface area contributed by atoms with Crippen LogP contribution in [0.4, 0.5) is 0 Å². The second kappa shape index (κ2) is 5.71. The van der Waals surface area contributed by atoms with E-state index in [1.165, 1.54) is 38.5 Å². The normalized spacial score (nSPS) is 31.9. The van der Waals surface area contributed by atoms with Gasteiger partial charge in [-0.1, -0.05) is 40.0 Å². The molecule has 2 rings (SSSR count). The first-order valence-corrected chi connectivity index (χ1v) is 7.49. The van der Waals surface area contributed by atoms with Crippen LogP contribution >= 0.6 is 0 Å². The van der Waals surface area contributed by atoms with Crippen LogP contribution < -0.4 is 5.32 Å². The van der Waals surface area contributed by atoms with Crippen molar-refractivity contribution in [1.82, 2.24) is 5.32 Å². The largest absolute Gasteiger partial charge is 0.378 e. The van der Waals surface area contributed by atoms with Gasteiger partial charge in [-0.25, -0.2) is 0 Å². The molecule has 0 aliphatic heterocycles. The molecule has 0 amide bonds. The molecule has 1 N–H and O–H groups in total. The SMILES string of the molecule is CCCNC1CC(OCCC2CCC2)C1(C)C. The smallest absolute Gasteiger partial charge is 0.0655 e.